The van der Waals surface area contributed by atoms with E-state index in [-0.39, 0.29) is 12.5 Å². The molecule has 6 heteroatoms. The number of rotatable bonds is 7. The second-order valence-electron chi connectivity index (χ2n) is 4.35. The molecule has 0 aromatic carbocycles. The van der Waals surface area contributed by atoms with Crippen molar-refractivity contribution in [1.82, 2.24) is 4.90 Å². The van der Waals surface area contributed by atoms with Gasteiger partial charge in [0.25, 0.3) is 5.91 Å². The first-order valence-electron chi connectivity index (χ1n) is 6.41. The highest BCUT2D eigenvalue weighted by atomic mass is 32.1. The third kappa shape index (κ3) is 4.47. The van der Waals surface area contributed by atoms with Crippen LogP contribution in [-0.4, -0.2) is 46.7 Å². The molecule has 1 heterocycles. The molecule has 1 aromatic heterocycles. The molecule has 1 aromatic rings. The van der Waals surface area contributed by atoms with Gasteiger partial charge in [-0.15, -0.1) is 11.3 Å². The third-order valence-corrected chi connectivity index (χ3v) is 3.89. The van der Waals surface area contributed by atoms with Gasteiger partial charge in [-0.25, -0.2) is 4.79 Å². The summed E-state index contributed by atoms with van der Waals surface area (Å²) in [5, 5.41) is 17.6. The van der Waals surface area contributed by atoms with E-state index in [9.17, 15) is 9.59 Å². The lowest BCUT2D eigenvalue weighted by Gasteiger charge is -2.20. The Bertz CT molecular complexity index is 501. The van der Waals surface area contributed by atoms with Crippen LogP contribution in [0.1, 0.15) is 33.5 Å². The zero-order chi connectivity index (χ0) is 15.1. The number of aliphatic hydroxyl groups is 1. The van der Waals surface area contributed by atoms with Gasteiger partial charge in [-0.1, -0.05) is 6.92 Å². The molecule has 0 aliphatic rings. The number of carboxylic acids is 1. The van der Waals surface area contributed by atoms with Crippen LogP contribution in [0.3, 0.4) is 0 Å². The van der Waals surface area contributed by atoms with Crippen molar-refractivity contribution in [3.05, 3.63) is 27.5 Å². The van der Waals surface area contributed by atoms with E-state index in [0.29, 0.717) is 18.0 Å². The fraction of sp³-hybridized carbons (Fsp3) is 0.429. The van der Waals surface area contributed by atoms with Crippen LogP contribution < -0.4 is 0 Å². The average Bonchev–Trinajstić information content (AvgIpc) is 2.76. The molecule has 0 unspecified atom stereocenters. The number of amides is 1. The number of carbonyl (C=O) groups is 2. The third-order valence-electron chi connectivity index (χ3n) is 2.69. The molecule has 0 spiro atoms. The van der Waals surface area contributed by atoms with Crippen LogP contribution in [0, 0.1) is 6.92 Å². The number of aliphatic carboxylic acids is 1. The quantitative estimate of drug-likeness (QED) is 0.755. The molecule has 1 amide bonds. The van der Waals surface area contributed by atoms with Crippen molar-refractivity contribution in [2.75, 3.05) is 19.7 Å². The lowest BCUT2D eigenvalue weighted by atomic mass is 10.2. The summed E-state index contributed by atoms with van der Waals surface area (Å²) in [4.78, 5) is 25.8. The molecule has 0 radical (unpaired) electrons. The standard InChI is InChI=1S/C14H19NO4S/c1-3-6-15(7-8-16)14(19)12-9-10(2)11(20-12)4-5-13(17)18/h4-5,9,16H,3,6-8H2,1-2H3,(H,17,18)/b5-4+. The minimum Gasteiger partial charge on any atom is -0.478 e. The number of hydrogen-bond donors (Lipinski definition) is 2. The Balaban J connectivity index is 2.93. The molecule has 1 rings (SSSR count). The van der Waals surface area contributed by atoms with Gasteiger partial charge in [0.1, 0.15) is 0 Å². The van der Waals surface area contributed by atoms with Gasteiger partial charge in [-0.05, 0) is 31.1 Å². The van der Waals surface area contributed by atoms with Crippen LogP contribution >= 0.6 is 11.3 Å². The fourth-order valence-corrected chi connectivity index (χ4v) is 2.82. The van der Waals surface area contributed by atoms with E-state index < -0.39 is 5.97 Å². The van der Waals surface area contributed by atoms with Crippen molar-refractivity contribution in [2.45, 2.75) is 20.3 Å². The number of aliphatic hydroxyl groups excluding tert-OH is 1. The molecule has 0 saturated heterocycles. The molecule has 2 N–H and O–H groups in total. The first kappa shape index (κ1) is 16.4. The fourth-order valence-electron chi connectivity index (χ4n) is 1.78. The number of carbonyl (C=O) groups excluding carboxylic acids is 1. The van der Waals surface area contributed by atoms with Gasteiger partial charge >= 0.3 is 5.97 Å². The predicted molar refractivity (Wildman–Crippen MR) is 79.0 cm³/mol. The van der Waals surface area contributed by atoms with Crippen molar-refractivity contribution in [3.8, 4) is 0 Å². The van der Waals surface area contributed by atoms with E-state index in [1.807, 2.05) is 13.8 Å². The molecular weight excluding hydrogens is 278 g/mol. The van der Waals surface area contributed by atoms with Gasteiger partial charge in [0, 0.05) is 24.0 Å². The number of hydrogen-bond acceptors (Lipinski definition) is 4. The smallest absolute Gasteiger partial charge is 0.328 e. The molecule has 0 aliphatic heterocycles. The largest absolute Gasteiger partial charge is 0.478 e. The van der Waals surface area contributed by atoms with Crippen LogP contribution in [-0.2, 0) is 4.79 Å². The summed E-state index contributed by atoms with van der Waals surface area (Å²) in [5.74, 6) is -1.14. The summed E-state index contributed by atoms with van der Waals surface area (Å²) in [5.41, 5.74) is 0.872. The van der Waals surface area contributed by atoms with Crippen LogP contribution in [0.2, 0.25) is 0 Å². The van der Waals surface area contributed by atoms with E-state index >= 15 is 0 Å². The number of carboxylic acid groups (broad SMARTS) is 1. The zero-order valence-corrected chi connectivity index (χ0v) is 12.4. The SMILES string of the molecule is CCCN(CCO)C(=O)c1cc(C)c(/C=C/C(=O)O)s1. The van der Waals surface area contributed by atoms with E-state index in [2.05, 4.69) is 0 Å². The van der Waals surface area contributed by atoms with Crippen molar-refractivity contribution in [1.29, 1.82) is 0 Å². The lowest BCUT2D eigenvalue weighted by molar-refractivity contribution is -0.131. The zero-order valence-electron chi connectivity index (χ0n) is 11.6. The van der Waals surface area contributed by atoms with E-state index in [4.69, 9.17) is 10.2 Å². The molecule has 0 fully saturated rings. The highest BCUT2D eigenvalue weighted by molar-refractivity contribution is 7.15. The maximum Gasteiger partial charge on any atom is 0.328 e. The van der Waals surface area contributed by atoms with Crippen molar-refractivity contribution in [2.24, 2.45) is 0 Å². The summed E-state index contributed by atoms with van der Waals surface area (Å²) in [6.45, 7) is 4.64. The molecule has 5 nitrogen and oxygen atoms in total. The molecule has 0 saturated carbocycles. The van der Waals surface area contributed by atoms with E-state index in [1.165, 1.54) is 17.4 Å². The van der Waals surface area contributed by atoms with Gasteiger partial charge < -0.3 is 15.1 Å². The first-order valence-corrected chi connectivity index (χ1v) is 7.22. The van der Waals surface area contributed by atoms with Gasteiger partial charge in [0.15, 0.2) is 0 Å². The maximum absolute atomic E-state index is 12.3. The Morgan fingerprint density at radius 3 is 2.65 bits per heavy atom. The highest BCUT2D eigenvalue weighted by Crippen LogP contribution is 2.24. The minimum atomic E-state index is -1.02. The predicted octanol–water partition coefficient (Wildman–Crippen LogP) is 2.00. The molecule has 0 bridgehead atoms. The van der Waals surface area contributed by atoms with E-state index in [0.717, 1.165) is 22.9 Å². The van der Waals surface area contributed by atoms with E-state index in [1.54, 1.807) is 11.0 Å². The molecular formula is C14H19NO4S. The summed E-state index contributed by atoms with van der Waals surface area (Å²) < 4.78 is 0. The van der Waals surface area contributed by atoms with Crippen molar-refractivity contribution >= 4 is 29.3 Å². The summed E-state index contributed by atoms with van der Waals surface area (Å²) in [6.07, 6.45) is 3.38. The topological polar surface area (TPSA) is 77.8 Å². The second kappa shape index (κ2) is 7.81. The monoisotopic (exact) mass is 297 g/mol. The second-order valence-corrected chi connectivity index (χ2v) is 5.43. The number of aryl methyl sites for hydroxylation is 1. The number of nitrogens with zero attached hydrogens (tertiary/aromatic N) is 1. The molecule has 110 valence electrons. The maximum atomic E-state index is 12.3. The molecule has 0 aliphatic carbocycles. The Hall–Kier alpha value is -1.66. The van der Waals surface area contributed by atoms with Crippen molar-refractivity contribution in [3.63, 3.8) is 0 Å². The Kier molecular flexibility index (Phi) is 6.41. The molecule has 0 atom stereocenters. The number of thiophene rings is 1. The van der Waals surface area contributed by atoms with Crippen LogP contribution in [0.25, 0.3) is 6.08 Å². The minimum absolute atomic E-state index is 0.0676. The summed E-state index contributed by atoms with van der Waals surface area (Å²) in [6, 6.07) is 1.76. The highest BCUT2D eigenvalue weighted by Gasteiger charge is 2.17. The van der Waals surface area contributed by atoms with Gasteiger partial charge in [0.2, 0.25) is 0 Å². The van der Waals surface area contributed by atoms with Gasteiger partial charge in [0.05, 0.1) is 11.5 Å². The van der Waals surface area contributed by atoms with Crippen LogP contribution in [0.4, 0.5) is 0 Å². The Morgan fingerprint density at radius 1 is 1.40 bits per heavy atom. The van der Waals surface area contributed by atoms with Gasteiger partial charge in [-0.2, -0.15) is 0 Å². The normalized spacial score (nSPS) is 10.9. The van der Waals surface area contributed by atoms with Crippen LogP contribution in [0.5, 0.6) is 0 Å². The Labute approximate surface area is 122 Å². The van der Waals surface area contributed by atoms with Gasteiger partial charge in [-0.3, -0.25) is 4.79 Å². The molecule has 20 heavy (non-hydrogen) atoms. The average molecular weight is 297 g/mol. The first-order chi connectivity index (χ1) is 9.49. The Morgan fingerprint density at radius 2 is 2.10 bits per heavy atom. The summed E-state index contributed by atoms with van der Waals surface area (Å²) >= 11 is 1.27. The van der Waals surface area contributed by atoms with Crippen LogP contribution in [0.15, 0.2) is 12.1 Å². The lowest BCUT2D eigenvalue weighted by Crippen LogP contribution is -2.33. The van der Waals surface area contributed by atoms with Crippen molar-refractivity contribution < 1.29 is 19.8 Å². The summed E-state index contributed by atoms with van der Waals surface area (Å²) in [7, 11) is 0.